The van der Waals surface area contributed by atoms with Crippen molar-refractivity contribution in [2.24, 2.45) is 0 Å². The molecule has 0 atom stereocenters. The summed E-state index contributed by atoms with van der Waals surface area (Å²) in [6, 6.07) is 7.88. The highest BCUT2D eigenvalue weighted by molar-refractivity contribution is 9.10. The van der Waals surface area contributed by atoms with Gasteiger partial charge in [-0.05, 0) is 31.4 Å². The number of hydrogen-bond acceptors (Lipinski definition) is 5. The molecule has 1 aliphatic heterocycles. The number of hydrogen-bond donors (Lipinski definition) is 1. The Kier molecular flexibility index (Phi) is 7.10. The fourth-order valence-electron chi connectivity index (χ4n) is 2.71. The van der Waals surface area contributed by atoms with E-state index in [0.29, 0.717) is 10.9 Å². The smallest absolute Gasteiger partial charge is 0.236 e. The van der Waals surface area contributed by atoms with Gasteiger partial charge in [0.05, 0.1) is 17.2 Å². The number of anilines is 1. The van der Waals surface area contributed by atoms with Gasteiger partial charge in [0.25, 0.3) is 0 Å². The molecule has 1 N–H and O–H groups in total. The lowest BCUT2D eigenvalue weighted by Gasteiger charge is -2.26. The summed E-state index contributed by atoms with van der Waals surface area (Å²) in [7, 11) is 0. The minimum atomic E-state index is -0.127. The van der Waals surface area contributed by atoms with Crippen molar-refractivity contribution >= 4 is 56.0 Å². The Balaban J connectivity index is 1.43. The van der Waals surface area contributed by atoms with Gasteiger partial charge in [-0.1, -0.05) is 28.1 Å². The molecule has 0 aliphatic carbocycles. The fourth-order valence-corrected chi connectivity index (χ4v) is 4.42. The van der Waals surface area contributed by atoms with Crippen LogP contribution in [0.2, 0.25) is 0 Å². The van der Waals surface area contributed by atoms with Crippen molar-refractivity contribution in [3.8, 4) is 11.3 Å². The zero-order valence-corrected chi connectivity index (χ0v) is 17.5. The summed E-state index contributed by atoms with van der Waals surface area (Å²) in [5, 5.41) is 5.31. The van der Waals surface area contributed by atoms with E-state index in [2.05, 4.69) is 26.2 Å². The largest absolute Gasteiger partial charge is 0.342 e. The molecule has 3 rings (SSSR count). The Bertz CT molecular complexity index is 758. The normalized spacial score (nSPS) is 14.3. The van der Waals surface area contributed by atoms with Gasteiger partial charge < -0.3 is 10.2 Å². The lowest BCUT2D eigenvalue weighted by molar-refractivity contribution is -0.129. The number of carbonyl (C=O) groups is 2. The summed E-state index contributed by atoms with van der Waals surface area (Å²) >= 11 is 6.17. The lowest BCUT2D eigenvalue weighted by atomic mass is 10.1. The number of halogens is 1. The molecule has 0 saturated carbocycles. The van der Waals surface area contributed by atoms with Crippen LogP contribution < -0.4 is 5.32 Å². The van der Waals surface area contributed by atoms with Gasteiger partial charge in [-0.2, -0.15) is 0 Å². The number of nitrogens with one attached hydrogen (secondary N) is 1. The molecule has 1 aromatic heterocycles. The van der Waals surface area contributed by atoms with Crippen LogP contribution in [-0.4, -0.2) is 46.3 Å². The second-order valence-corrected chi connectivity index (χ2v) is 8.79. The predicted octanol–water partition coefficient (Wildman–Crippen LogP) is 4.26. The molecule has 1 saturated heterocycles. The minimum Gasteiger partial charge on any atom is -0.342 e. The number of carbonyl (C=O) groups excluding carboxylic acids is 2. The summed E-state index contributed by atoms with van der Waals surface area (Å²) in [5.74, 6) is 0.620. The molecule has 1 aliphatic rings. The highest BCUT2D eigenvalue weighted by Gasteiger charge is 2.17. The first kappa shape index (κ1) is 19.4. The van der Waals surface area contributed by atoms with E-state index in [1.165, 1.54) is 29.5 Å². The van der Waals surface area contributed by atoms with Crippen molar-refractivity contribution in [1.29, 1.82) is 0 Å². The molecule has 0 spiro atoms. The van der Waals surface area contributed by atoms with Gasteiger partial charge in [0, 0.05) is 28.5 Å². The first-order valence-electron chi connectivity index (χ1n) is 8.48. The molecule has 1 aromatic carbocycles. The van der Waals surface area contributed by atoms with Crippen molar-refractivity contribution < 1.29 is 9.59 Å². The lowest BCUT2D eigenvalue weighted by Crippen LogP contribution is -2.37. The van der Waals surface area contributed by atoms with Crippen molar-refractivity contribution in [3.63, 3.8) is 0 Å². The monoisotopic (exact) mass is 453 g/mol. The average Bonchev–Trinajstić information content (AvgIpc) is 3.11. The first-order chi connectivity index (χ1) is 12.6. The van der Waals surface area contributed by atoms with Crippen LogP contribution in [0.3, 0.4) is 0 Å². The second-order valence-electron chi connectivity index (χ2n) is 6.03. The van der Waals surface area contributed by atoms with Crippen LogP contribution in [0.4, 0.5) is 5.13 Å². The molecule has 0 unspecified atom stereocenters. The van der Waals surface area contributed by atoms with E-state index in [-0.39, 0.29) is 17.6 Å². The van der Waals surface area contributed by atoms with E-state index in [4.69, 9.17) is 0 Å². The highest BCUT2D eigenvalue weighted by Crippen LogP contribution is 2.26. The topological polar surface area (TPSA) is 62.3 Å². The number of nitrogens with zero attached hydrogens (tertiary/aromatic N) is 2. The number of likely N-dealkylation sites (tertiary alicyclic amines) is 1. The van der Waals surface area contributed by atoms with Gasteiger partial charge in [-0.3, -0.25) is 9.59 Å². The molecular formula is C18H20BrN3O2S2. The third-order valence-corrected chi connectivity index (χ3v) is 6.26. The maximum Gasteiger partial charge on any atom is 0.236 e. The van der Waals surface area contributed by atoms with Crippen molar-refractivity contribution in [1.82, 2.24) is 9.88 Å². The third kappa shape index (κ3) is 5.56. The van der Waals surface area contributed by atoms with E-state index in [1.807, 2.05) is 34.5 Å². The Morgan fingerprint density at radius 1 is 1.15 bits per heavy atom. The van der Waals surface area contributed by atoms with Gasteiger partial charge in [0.2, 0.25) is 11.8 Å². The standard InChI is InChI=1S/C18H20BrN3O2S2/c19-14-6-4-13(5-7-14)15-10-26-18(20-15)21-16(23)11-25-12-17(24)22-8-2-1-3-9-22/h4-7,10H,1-3,8-9,11-12H2,(H,20,21,23). The van der Waals surface area contributed by atoms with E-state index in [9.17, 15) is 9.59 Å². The van der Waals surface area contributed by atoms with E-state index in [1.54, 1.807) is 0 Å². The zero-order valence-electron chi connectivity index (χ0n) is 14.2. The summed E-state index contributed by atoms with van der Waals surface area (Å²) in [6.45, 7) is 1.70. The minimum absolute atomic E-state index is 0.127. The number of aromatic nitrogens is 1. The molecule has 2 aromatic rings. The van der Waals surface area contributed by atoms with Crippen molar-refractivity contribution in [2.45, 2.75) is 19.3 Å². The number of benzene rings is 1. The SMILES string of the molecule is O=C(CSCC(=O)N1CCCCC1)Nc1nc(-c2ccc(Br)cc2)cs1. The van der Waals surface area contributed by atoms with Gasteiger partial charge in [-0.15, -0.1) is 23.1 Å². The Morgan fingerprint density at radius 3 is 2.62 bits per heavy atom. The molecule has 1 fully saturated rings. The second kappa shape index (κ2) is 9.53. The van der Waals surface area contributed by atoms with Gasteiger partial charge >= 0.3 is 0 Å². The number of amides is 2. The molecule has 26 heavy (non-hydrogen) atoms. The van der Waals surface area contributed by atoms with Gasteiger partial charge in [-0.25, -0.2) is 4.98 Å². The predicted molar refractivity (Wildman–Crippen MR) is 112 cm³/mol. The molecule has 0 radical (unpaired) electrons. The number of rotatable bonds is 6. The number of thioether (sulfide) groups is 1. The Labute approximate surface area is 169 Å². The third-order valence-electron chi connectivity index (χ3n) is 4.06. The molecule has 138 valence electrons. The average molecular weight is 454 g/mol. The van der Waals surface area contributed by atoms with Crippen LogP contribution in [0.15, 0.2) is 34.1 Å². The van der Waals surface area contributed by atoms with Gasteiger partial charge in [0.15, 0.2) is 5.13 Å². The maximum atomic E-state index is 12.1. The summed E-state index contributed by atoms with van der Waals surface area (Å²) in [4.78, 5) is 30.5. The van der Waals surface area contributed by atoms with Crippen LogP contribution in [0.5, 0.6) is 0 Å². The van der Waals surface area contributed by atoms with E-state index < -0.39 is 0 Å². The summed E-state index contributed by atoms with van der Waals surface area (Å²) < 4.78 is 1.01. The van der Waals surface area contributed by atoms with Crippen LogP contribution in [0.25, 0.3) is 11.3 Å². The maximum absolute atomic E-state index is 12.1. The first-order valence-corrected chi connectivity index (χ1v) is 11.3. The Morgan fingerprint density at radius 2 is 1.88 bits per heavy atom. The number of thiazole rings is 1. The van der Waals surface area contributed by atoms with Crippen LogP contribution in [-0.2, 0) is 9.59 Å². The van der Waals surface area contributed by atoms with Crippen LogP contribution in [0, 0.1) is 0 Å². The van der Waals surface area contributed by atoms with Crippen molar-refractivity contribution in [2.75, 3.05) is 29.9 Å². The molecule has 5 nitrogen and oxygen atoms in total. The molecular weight excluding hydrogens is 434 g/mol. The van der Waals surface area contributed by atoms with E-state index >= 15 is 0 Å². The zero-order chi connectivity index (χ0) is 18.4. The summed E-state index contributed by atoms with van der Waals surface area (Å²) in [5.41, 5.74) is 1.84. The fraction of sp³-hybridized carbons (Fsp3) is 0.389. The van der Waals surface area contributed by atoms with Crippen molar-refractivity contribution in [3.05, 3.63) is 34.1 Å². The number of piperidine rings is 1. The van der Waals surface area contributed by atoms with Gasteiger partial charge in [0.1, 0.15) is 0 Å². The molecule has 0 bridgehead atoms. The molecule has 8 heteroatoms. The molecule has 2 amide bonds. The van der Waals surface area contributed by atoms with E-state index in [0.717, 1.165) is 41.7 Å². The molecule has 2 heterocycles. The highest BCUT2D eigenvalue weighted by atomic mass is 79.9. The van der Waals surface area contributed by atoms with Crippen LogP contribution in [0.1, 0.15) is 19.3 Å². The Hall–Kier alpha value is -1.38. The quantitative estimate of drug-likeness (QED) is 0.709. The summed E-state index contributed by atoms with van der Waals surface area (Å²) in [6.07, 6.45) is 3.37. The van der Waals surface area contributed by atoms with Crippen LogP contribution >= 0.6 is 39.0 Å².